The number of aryl methyl sites for hydroxylation is 2. The fourth-order valence-corrected chi connectivity index (χ4v) is 2.99. The zero-order valence-electron chi connectivity index (χ0n) is 13.1. The molecular formula is C15H29N3S. The molecule has 0 amide bonds. The molecular weight excluding hydrogens is 254 g/mol. The number of hydrogen-bond donors (Lipinski definition) is 1. The standard InChI is InChI=1S/C15H29N3S/c1-6-8-16-14(11-19-12(3)4)10-15-9-13(5)17-18(15)7-2/h9,12,14,16H,6-8,10-11H2,1-5H3. The third kappa shape index (κ3) is 6.00. The molecule has 110 valence electrons. The largest absolute Gasteiger partial charge is 0.313 e. The summed E-state index contributed by atoms with van der Waals surface area (Å²) in [4.78, 5) is 0. The third-order valence-corrected chi connectivity index (χ3v) is 4.32. The maximum Gasteiger partial charge on any atom is 0.0596 e. The van der Waals surface area contributed by atoms with E-state index in [9.17, 15) is 0 Å². The zero-order valence-corrected chi connectivity index (χ0v) is 13.9. The van der Waals surface area contributed by atoms with Gasteiger partial charge in [0.15, 0.2) is 0 Å². The Morgan fingerprint density at radius 3 is 2.68 bits per heavy atom. The van der Waals surface area contributed by atoms with Crippen LogP contribution in [0.2, 0.25) is 0 Å². The Kier molecular flexibility index (Phi) is 7.54. The van der Waals surface area contributed by atoms with Crippen LogP contribution in [0.5, 0.6) is 0 Å². The van der Waals surface area contributed by atoms with Gasteiger partial charge in [-0.2, -0.15) is 16.9 Å². The van der Waals surface area contributed by atoms with E-state index >= 15 is 0 Å². The molecule has 1 heterocycles. The monoisotopic (exact) mass is 283 g/mol. The van der Waals surface area contributed by atoms with E-state index in [2.05, 4.69) is 55.8 Å². The Morgan fingerprint density at radius 1 is 1.37 bits per heavy atom. The lowest BCUT2D eigenvalue weighted by molar-refractivity contribution is 0.519. The summed E-state index contributed by atoms with van der Waals surface area (Å²) in [6, 6.07) is 2.78. The van der Waals surface area contributed by atoms with Gasteiger partial charge >= 0.3 is 0 Å². The van der Waals surface area contributed by atoms with Crippen LogP contribution in [0.1, 0.15) is 45.5 Å². The lowest BCUT2D eigenvalue weighted by Crippen LogP contribution is -2.35. The predicted molar refractivity (Wildman–Crippen MR) is 86.0 cm³/mol. The van der Waals surface area contributed by atoms with Crippen molar-refractivity contribution in [3.8, 4) is 0 Å². The van der Waals surface area contributed by atoms with Gasteiger partial charge in [0.1, 0.15) is 0 Å². The van der Waals surface area contributed by atoms with Gasteiger partial charge < -0.3 is 5.32 Å². The summed E-state index contributed by atoms with van der Waals surface area (Å²) in [7, 11) is 0. The summed E-state index contributed by atoms with van der Waals surface area (Å²) in [6.45, 7) is 13.0. The van der Waals surface area contributed by atoms with E-state index in [0.717, 1.165) is 25.2 Å². The fourth-order valence-electron chi connectivity index (χ4n) is 2.14. The number of nitrogens with one attached hydrogen (secondary N) is 1. The molecule has 1 aromatic heterocycles. The molecule has 1 N–H and O–H groups in total. The molecule has 0 aromatic carbocycles. The zero-order chi connectivity index (χ0) is 14.3. The Balaban J connectivity index is 2.63. The van der Waals surface area contributed by atoms with Crippen molar-refractivity contribution >= 4 is 11.8 Å². The lowest BCUT2D eigenvalue weighted by atomic mass is 10.1. The molecule has 0 spiro atoms. The van der Waals surface area contributed by atoms with Gasteiger partial charge in [0.05, 0.1) is 5.69 Å². The Labute approximate surface area is 122 Å². The molecule has 1 unspecified atom stereocenters. The van der Waals surface area contributed by atoms with Crippen LogP contribution in [0.3, 0.4) is 0 Å². The summed E-state index contributed by atoms with van der Waals surface area (Å²) in [5.41, 5.74) is 2.49. The summed E-state index contributed by atoms with van der Waals surface area (Å²) < 4.78 is 2.13. The van der Waals surface area contributed by atoms with Gasteiger partial charge in [0.2, 0.25) is 0 Å². The van der Waals surface area contributed by atoms with Gasteiger partial charge in [-0.25, -0.2) is 0 Å². The van der Waals surface area contributed by atoms with Gasteiger partial charge in [-0.05, 0) is 38.1 Å². The average molecular weight is 283 g/mol. The van der Waals surface area contributed by atoms with E-state index in [0.29, 0.717) is 11.3 Å². The van der Waals surface area contributed by atoms with E-state index in [1.54, 1.807) is 0 Å². The first-order valence-electron chi connectivity index (χ1n) is 7.45. The van der Waals surface area contributed by atoms with Crippen LogP contribution in [0.15, 0.2) is 6.07 Å². The van der Waals surface area contributed by atoms with Crippen molar-refractivity contribution in [2.75, 3.05) is 12.3 Å². The normalized spacial score (nSPS) is 13.2. The fraction of sp³-hybridized carbons (Fsp3) is 0.800. The molecule has 0 fully saturated rings. The number of aromatic nitrogens is 2. The summed E-state index contributed by atoms with van der Waals surface area (Å²) >= 11 is 2.04. The van der Waals surface area contributed by atoms with Gasteiger partial charge in [-0.15, -0.1) is 0 Å². The first-order valence-corrected chi connectivity index (χ1v) is 8.50. The molecule has 1 atom stereocenters. The highest BCUT2D eigenvalue weighted by molar-refractivity contribution is 7.99. The highest BCUT2D eigenvalue weighted by Gasteiger charge is 2.13. The summed E-state index contributed by atoms with van der Waals surface area (Å²) in [5, 5.41) is 8.91. The SMILES string of the molecule is CCCNC(CSC(C)C)Cc1cc(C)nn1CC. The molecule has 3 nitrogen and oxygen atoms in total. The average Bonchev–Trinajstić information content (AvgIpc) is 2.72. The van der Waals surface area contributed by atoms with Crippen molar-refractivity contribution in [3.63, 3.8) is 0 Å². The second-order valence-electron chi connectivity index (χ2n) is 5.33. The number of nitrogens with zero attached hydrogens (tertiary/aromatic N) is 2. The van der Waals surface area contributed by atoms with Gasteiger partial charge in [0.25, 0.3) is 0 Å². The topological polar surface area (TPSA) is 29.9 Å². The molecule has 0 saturated carbocycles. The Hall–Kier alpha value is -0.480. The molecule has 0 radical (unpaired) electrons. The Morgan fingerprint density at radius 2 is 2.11 bits per heavy atom. The minimum absolute atomic E-state index is 0.550. The summed E-state index contributed by atoms with van der Waals surface area (Å²) in [5.74, 6) is 1.17. The molecule has 1 rings (SSSR count). The maximum atomic E-state index is 4.54. The van der Waals surface area contributed by atoms with Crippen molar-refractivity contribution in [1.29, 1.82) is 0 Å². The van der Waals surface area contributed by atoms with Gasteiger partial charge in [-0.3, -0.25) is 4.68 Å². The smallest absolute Gasteiger partial charge is 0.0596 e. The van der Waals surface area contributed by atoms with E-state index < -0.39 is 0 Å². The number of rotatable bonds is 9. The second-order valence-corrected chi connectivity index (χ2v) is 6.94. The first-order chi connectivity index (χ1) is 9.06. The molecule has 0 bridgehead atoms. The second kappa shape index (κ2) is 8.64. The highest BCUT2D eigenvalue weighted by atomic mass is 32.2. The van der Waals surface area contributed by atoms with E-state index in [-0.39, 0.29) is 0 Å². The van der Waals surface area contributed by atoms with Crippen LogP contribution in [0, 0.1) is 6.92 Å². The van der Waals surface area contributed by atoms with Crippen LogP contribution in [-0.4, -0.2) is 33.4 Å². The number of thioether (sulfide) groups is 1. The highest BCUT2D eigenvalue weighted by Crippen LogP contribution is 2.14. The molecule has 0 aliphatic rings. The quantitative estimate of drug-likeness (QED) is 0.754. The minimum atomic E-state index is 0.550. The van der Waals surface area contributed by atoms with Crippen LogP contribution in [0.25, 0.3) is 0 Å². The van der Waals surface area contributed by atoms with Gasteiger partial charge in [-0.1, -0.05) is 20.8 Å². The van der Waals surface area contributed by atoms with Crippen molar-refractivity contribution in [1.82, 2.24) is 15.1 Å². The minimum Gasteiger partial charge on any atom is -0.313 e. The number of hydrogen-bond acceptors (Lipinski definition) is 3. The third-order valence-electron chi connectivity index (χ3n) is 3.05. The van der Waals surface area contributed by atoms with Crippen molar-refractivity contribution in [3.05, 3.63) is 17.5 Å². The van der Waals surface area contributed by atoms with E-state index in [1.807, 2.05) is 11.8 Å². The molecule has 1 aromatic rings. The molecule has 4 heteroatoms. The molecule has 0 aliphatic heterocycles. The van der Waals surface area contributed by atoms with E-state index in [1.165, 1.54) is 17.9 Å². The lowest BCUT2D eigenvalue weighted by Gasteiger charge is -2.19. The van der Waals surface area contributed by atoms with Gasteiger partial charge in [0, 0.05) is 30.5 Å². The maximum absolute atomic E-state index is 4.54. The van der Waals surface area contributed by atoms with Crippen LogP contribution >= 0.6 is 11.8 Å². The molecule has 0 aliphatic carbocycles. The molecule has 0 saturated heterocycles. The van der Waals surface area contributed by atoms with E-state index in [4.69, 9.17) is 0 Å². The predicted octanol–water partition coefficient (Wildman–Crippen LogP) is 3.26. The Bertz CT molecular complexity index is 360. The molecule has 19 heavy (non-hydrogen) atoms. The van der Waals surface area contributed by atoms with Crippen LogP contribution in [0.4, 0.5) is 0 Å². The first kappa shape index (κ1) is 16.6. The van der Waals surface area contributed by atoms with Crippen LogP contribution in [-0.2, 0) is 13.0 Å². The van der Waals surface area contributed by atoms with Crippen molar-refractivity contribution in [2.45, 2.75) is 65.3 Å². The van der Waals surface area contributed by atoms with Crippen molar-refractivity contribution in [2.24, 2.45) is 0 Å². The van der Waals surface area contributed by atoms with Crippen molar-refractivity contribution < 1.29 is 0 Å². The van der Waals surface area contributed by atoms with Crippen LogP contribution < -0.4 is 5.32 Å². The summed E-state index contributed by atoms with van der Waals surface area (Å²) in [6.07, 6.45) is 2.27.